The summed E-state index contributed by atoms with van der Waals surface area (Å²) in [5.74, 6) is 0.190. The van der Waals surface area contributed by atoms with Gasteiger partial charge in [-0.15, -0.1) is 0 Å². The van der Waals surface area contributed by atoms with Crippen LogP contribution >= 0.6 is 0 Å². The summed E-state index contributed by atoms with van der Waals surface area (Å²) in [6.07, 6.45) is 1.24. The molecule has 120 valence electrons. The molecule has 3 aromatic rings. The third-order valence-electron chi connectivity index (χ3n) is 3.61. The molecule has 0 heterocycles. The van der Waals surface area contributed by atoms with Crippen LogP contribution < -0.4 is 9.47 Å². The highest BCUT2D eigenvalue weighted by Crippen LogP contribution is 2.29. The normalized spacial score (nSPS) is 10.9. The number of esters is 1. The first-order valence-corrected chi connectivity index (χ1v) is 7.28. The lowest BCUT2D eigenvalue weighted by Gasteiger charge is -2.11. The molecule has 0 amide bonds. The molecule has 0 aromatic heterocycles. The molecular weight excluding hydrogens is 306 g/mol. The summed E-state index contributed by atoms with van der Waals surface area (Å²) in [5.41, 5.74) is 1.05. The van der Waals surface area contributed by atoms with Gasteiger partial charge in [0.05, 0.1) is 18.9 Å². The second kappa shape index (κ2) is 6.83. The molecule has 3 aromatic carbocycles. The molecule has 24 heavy (non-hydrogen) atoms. The van der Waals surface area contributed by atoms with Crippen molar-refractivity contribution in [2.75, 3.05) is 7.11 Å². The molecule has 5 nitrogen and oxygen atoms in total. The van der Waals surface area contributed by atoms with Crippen molar-refractivity contribution in [2.24, 2.45) is 5.16 Å². The fourth-order valence-corrected chi connectivity index (χ4v) is 2.48. The van der Waals surface area contributed by atoms with E-state index in [4.69, 9.17) is 14.7 Å². The van der Waals surface area contributed by atoms with E-state index in [1.54, 1.807) is 24.3 Å². The summed E-state index contributed by atoms with van der Waals surface area (Å²) in [4.78, 5) is 12.6. The van der Waals surface area contributed by atoms with Gasteiger partial charge in [-0.1, -0.05) is 41.6 Å². The Labute approximate surface area is 138 Å². The summed E-state index contributed by atoms with van der Waals surface area (Å²) in [7, 11) is 1.49. The minimum Gasteiger partial charge on any atom is -0.493 e. The molecule has 5 heteroatoms. The summed E-state index contributed by atoms with van der Waals surface area (Å²) in [6, 6.07) is 18.0. The van der Waals surface area contributed by atoms with E-state index >= 15 is 0 Å². The zero-order valence-corrected chi connectivity index (χ0v) is 13.0. The van der Waals surface area contributed by atoms with Gasteiger partial charge >= 0.3 is 5.97 Å². The van der Waals surface area contributed by atoms with Crippen LogP contribution in [0.5, 0.6) is 11.5 Å². The van der Waals surface area contributed by atoms with Crippen molar-refractivity contribution in [1.82, 2.24) is 0 Å². The molecule has 0 fully saturated rings. The van der Waals surface area contributed by atoms with Crippen molar-refractivity contribution in [2.45, 2.75) is 0 Å². The van der Waals surface area contributed by atoms with Crippen molar-refractivity contribution in [1.29, 1.82) is 0 Å². The van der Waals surface area contributed by atoms with Crippen LogP contribution in [0.3, 0.4) is 0 Å². The highest BCUT2D eigenvalue weighted by Gasteiger charge is 2.15. The molecule has 0 aliphatic heterocycles. The van der Waals surface area contributed by atoms with Gasteiger partial charge in [-0.2, -0.15) is 0 Å². The quantitative estimate of drug-likeness (QED) is 0.260. The van der Waals surface area contributed by atoms with Crippen LogP contribution in [0.1, 0.15) is 15.9 Å². The summed E-state index contributed by atoms with van der Waals surface area (Å²) < 4.78 is 10.7. The average molecular weight is 321 g/mol. The third kappa shape index (κ3) is 3.05. The van der Waals surface area contributed by atoms with E-state index in [1.807, 2.05) is 36.4 Å². The molecule has 3 rings (SSSR count). The Kier molecular flexibility index (Phi) is 4.43. The molecule has 0 saturated carbocycles. The summed E-state index contributed by atoms with van der Waals surface area (Å²) >= 11 is 0. The van der Waals surface area contributed by atoms with Crippen molar-refractivity contribution < 1.29 is 19.5 Å². The first-order chi connectivity index (χ1) is 11.7. The number of hydrogen-bond acceptors (Lipinski definition) is 5. The van der Waals surface area contributed by atoms with Gasteiger partial charge < -0.3 is 14.7 Å². The number of ether oxygens (including phenoxy) is 2. The lowest BCUT2D eigenvalue weighted by molar-refractivity contribution is 0.0732. The first kappa shape index (κ1) is 15.6. The van der Waals surface area contributed by atoms with E-state index < -0.39 is 5.97 Å². The monoisotopic (exact) mass is 321 g/mol. The standard InChI is InChI=1S/C19H15NO4/c1-23-17-10-9-13(12-20-22)11-18(17)24-19(21)16-8-4-6-14-5-2-3-7-15(14)16/h2-12,22H,1H3/b20-12-. The van der Waals surface area contributed by atoms with Gasteiger partial charge in [0.1, 0.15) is 0 Å². The number of benzene rings is 3. The predicted octanol–water partition coefficient (Wildman–Crippen LogP) is 3.88. The topological polar surface area (TPSA) is 68.1 Å². The SMILES string of the molecule is COc1ccc(/C=N\O)cc1OC(=O)c1cccc2ccccc12. The molecule has 0 spiro atoms. The third-order valence-corrected chi connectivity index (χ3v) is 3.61. The number of methoxy groups -OCH3 is 1. The lowest BCUT2D eigenvalue weighted by Crippen LogP contribution is -2.10. The Balaban J connectivity index is 1.98. The van der Waals surface area contributed by atoms with Crippen molar-refractivity contribution in [3.8, 4) is 11.5 Å². The summed E-state index contributed by atoms with van der Waals surface area (Å²) in [6.45, 7) is 0. The van der Waals surface area contributed by atoms with Gasteiger partial charge in [0, 0.05) is 5.56 Å². The number of oxime groups is 1. The molecule has 0 radical (unpaired) electrons. The van der Waals surface area contributed by atoms with Crippen LogP contribution in [-0.4, -0.2) is 24.5 Å². The highest BCUT2D eigenvalue weighted by molar-refractivity contribution is 6.05. The smallest absolute Gasteiger partial charge is 0.344 e. The predicted molar refractivity (Wildman–Crippen MR) is 91.3 cm³/mol. The van der Waals surface area contributed by atoms with Crippen molar-refractivity contribution in [3.63, 3.8) is 0 Å². The molecule has 0 unspecified atom stereocenters. The van der Waals surface area contributed by atoms with E-state index in [0.717, 1.165) is 10.8 Å². The van der Waals surface area contributed by atoms with Crippen molar-refractivity contribution >= 4 is 23.0 Å². The van der Waals surface area contributed by atoms with E-state index in [0.29, 0.717) is 16.9 Å². The van der Waals surface area contributed by atoms with Gasteiger partial charge in [-0.05, 0) is 35.0 Å². The van der Waals surface area contributed by atoms with Gasteiger partial charge in [-0.25, -0.2) is 4.79 Å². The fourth-order valence-electron chi connectivity index (χ4n) is 2.48. The Morgan fingerprint density at radius 1 is 1.04 bits per heavy atom. The van der Waals surface area contributed by atoms with Crippen LogP contribution in [0.15, 0.2) is 65.8 Å². The van der Waals surface area contributed by atoms with Gasteiger partial charge in [0.2, 0.25) is 0 Å². The molecular formula is C19H15NO4. The van der Waals surface area contributed by atoms with Crippen LogP contribution in [0.4, 0.5) is 0 Å². The fraction of sp³-hybridized carbons (Fsp3) is 0.0526. The van der Waals surface area contributed by atoms with Gasteiger partial charge in [0.15, 0.2) is 11.5 Å². The largest absolute Gasteiger partial charge is 0.493 e. The summed E-state index contributed by atoms with van der Waals surface area (Å²) in [5, 5.41) is 13.4. The molecule has 0 aliphatic carbocycles. The number of nitrogens with zero attached hydrogens (tertiary/aromatic N) is 1. The Hall–Kier alpha value is -3.34. The van der Waals surface area contributed by atoms with Crippen LogP contribution in [-0.2, 0) is 0 Å². The minimum atomic E-state index is -0.483. The highest BCUT2D eigenvalue weighted by atomic mass is 16.6. The van der Waals surface area contributed by atoms with E-state index in [9.17, 15) is 4.79 Å². The van der Waals surface area contributed by atoms with E-state index in [1.165, 1.54) is 13.3 Å². The first-order valence-electron chi connectivity index (χ1n) is 7.28. The molecule has 1 N–H and O–H groups in total. The number of carbonyl (C=O) groups is 1. The Morgan fingerprint density at radius 3 is 2.62 bits per heavy atom. The number of rotatable bonds is 4. The number of fused-ring (bicyclic) bond motifs is 1. The maximum Gasteiger partial charge on any atom is 0.344 e. The average Bonchev–Trinajstić information content (AvgIpc) is 2.62. The van der Waals surface area contributed by atoms with Crippen molar-refractivity contribution in [3.05, 3.63) is 71.8 Å². The van der Waals surface area contributed by atoms with Gasteiger partial charge in [-0.3, -0.25) is 0 Å². The molecule has 0 saturated heterocycles. The maximum absolute atomic E-state index is 12.6. The number of carbonyl (C=O) groups excluding carboxylic acids is 1. The molecule has 0 bridgehead atoms. The van der Waals surface area contributed by atoms with Crippen LogP contribution in [0, 0.1) is 0 Å². The van der Waals surface area contributed by atoms with Crippen LogP contribution in [0.25, 0.3) is 10.8 Å². The zero-order chi connectivity index (χ0) is 16.9. The van der Waals surface area contributed by atoms with E-state index in [-0.39, 0.29) is 5.75 Å². The zero-order valence-electron chi connectivity index (χ0n) is 13.0. The number of hydrogen-bond donors (Lipinski definition) is 1. The Bertz CT molecular complexity index is 913. The van der Waals surface area contributed by atoms with Gasteiger partial charge in [0.25, 0.3) is 0 Å². The second-order valence-electron chi connectivity index (χ2n) is 5.07. The van der Waals surface area contributed by atoms with E-state index in [2.05, 4.69) is 5.16 Å². The molecule has 0 aliphatic rings. The second-order valence-corrected chi connectivity index (χ2v) is 5.07. The maximum atomic E-state index is 12.6. The Morgan fingerprint density at radius 2 is 1.83 bits per heavy atom. The molecule has 0 atom stereocenters. The lowest BCUT2D eigenvalue weighted by atomic mass is 10.0. The minimum absolute atomic E-state index is 0.257. The van der Waals surface area contributed by atoms with Crippen LogP contribution in [0.2, 0.25) is 0 Å².